The third-order valence-electron chi connectivity index (χ3n) is 5.26. The molecule has 2 aliphatic rings. The Balaban J connectivity index is 1.41. The van der Waals surface area contributed by atoms with Crippen LogP contribution in [0.1, 0.15) is 43.4 Å². The van der Waals surface area contributed by atoms with E-state index in [9.17, 15) is 9.59 Å². The Morgan fingerprint density at radius 1 is 1.19 bits per heavy atom. The van der Waals surface area contributed by atoms with Gasteiger partial charge >= 0.3 is 6.09 Å². The zero-order valence-electron chi connectivity index (χ0n) is 15.6. The first kappa shape index (κ1) is 18.7. The van der Waals surface area contributed by atoms with Crippen molar-refractivity contribution >= 4 is 12.0 Å². The fourth-order valence-electron chi connectivity index (χ4n) is 3.80. The summed E-state index contributed by atoms with van der Waals surface area (Å²) in [4.78, 5) is 28.1. The van der Waals surface area contributed by atoms with Crippen LogP contribution in [0.2, 0.25) is 0 Å². The molecule has 0 saturated carbocycles. The number of carbonyl (C=O) groups is 2. The molecule has 1 atom stereocenters. The number of amides is 2. The van der Waals surface area contributed by atoms with Crippen LogP contribution in [0.15, 0.2) is 24.3 Å². The second-order valence-electron chi connectivity index (χ2n) is 6.99. The summed E-state index contributed by atoms with van der Waals surface area (Å²) < 4.78 is 5.03. The fraction of sp³-hybridized carbons (Fsp3) is 0.600. The van der Waals surface area contributed by atoms with Gasteiger partial charge in [-0.2, -0.15) is 0 Å². The van der Waals surface area contributed by atoms with Crippen molar-refractivity contribution in [3.63, 3.8) is 0 Å². The van der Waals surface area contributed by atoms with E-state index >= 15 is 0 Å². The number of ether oxygens (including phenoxy) is 1. The van der Waals surface area contributed by atoms with Crippen molar-refractivity contribution in [3.8, 4) is 0 Å². The lowest BCUT2D eigenvalue weighted by Gasteiger charge is -2.34. The van der Waals surface area contributed by atoms with Gasteiger partial charge in [0, 0.05) is 39.1 Å². The number of rotatable bonds is 5. The molecule has 26 heavy (non-hydrogen) atoms. The Kier molecular flexibility index (Phi) is 6.50. The Morgan fingerprint density at radius 2 is 1.96 bits per heavy atom. The highest BCUT2D eigenvalue weighted by molar-refractivity contribution is 5.76. The molecule has 1 fully saturated rings. The van der Waals surface area contributed by atoms with Crippen LogP contribution in [0.25, 0.3) is 0 Å². The van der Waals surface area contributed by atoms with Crippen LogP contribution in [0.5, 0.6) is 0 Å². The van der Waals surface area contributed by atoms with E-state index in [1.54, 1.807) is 4.90 Å². The molecule has 1 aromatic rings. The highest BCUT2D eigenvalue weighted by Crippen LogP contribution is 2.29. The van der Waals surface area contributed by atoms with Crippen molar-refractivity contribution in [1.82, 2.24) is 15.1 Å². The van der Waals surface area contributed by atoms with Gasteiger partial charge in [-0.15, -0.1) is 0 Å². The van der Waals surface area contributed by atoms with Crippen molar-refractivity contribution in [2.75, 3.05) is 39.3 Å². The maximum absolute atomic E-state index is 12.4. The van der Waals surface area contributed by atoms with Gasteiger partial charge in [-0.3, -0.25) is 9.69 Å². The zero-order valence-corrected chi connectivity index (χ0v) is 15.6. The van der Waals surface area contributed by atoms with Crippen LogP contribution < -0.4 is 5.32 Å². The summed E-state index contributed by atoms with van der Waals surface area (Å²) in [5, 5.41) is 3.21. The molecule has 1 aliphatic carbocycles. The number of hydrogen-bond donors (Lipinski definition) is 1. The van der Waals surface area contributed by atoms with Gasteiger partial charge in [0.15, 0.2) is 0 Å². The van der Waals surface area contributed by atoms with Gasteiger partial charge < -0.3 is 15.0 Å². The molecule has 0 spiro atoms. The standard InChI is InChI=1S/C20H29N3O3/c1-2-26-20(25)23-14-12-22(13-15-23)11-10-19(24)21-18-9-5-7-16-6-3-4-8-17(16)18/h3-4,6,8,18H,2,5,7,9-15H2,1H3,(H,21,24). The number of fused-ring (bicyclic) bond motifs is 1. The van der Waals surface area contributed by atoms with E-state index in [0.717, 1.165) is 38.9 Å². The van der Waals surface area contributed by atoms with E-state index in [-0.39, 0.29) is 18.0 Å². The summed E-state index contributed by atoms with van der Waals surface area (Å²) in [5.41, 5.74) is 2.63. The molecule has 1 heterocycles. The van der Waals surface area contributed by atoms with E-state index in [0.29, 0.717) is 26.1 Å². The Bertz CT molecular complexity index is 626. The van der Waals surface area contributed by atoms with Crippen molar-refractivity contribution in [2.24, 2.45) is 0 Å². The van der Waals surface area contributed by atoms with Crippen molar-refractivity contribution in [1.29, 1.82) is 0 Å². The summed E-state index contributed by atoms with van der Waals surface area (Å²) in [7, 11) is 0. The van der Waals surface area contributed by atoms with E-state index in [1.807, 2.05) is 13.0 Å². The number of piperazine rings is 1. The highest BCUT2D eigenvalue weighted by atomic mass is 16.6. The molecule has 1 saturated heterocycles. The molecule has 1 aliphatic heterocycles. The van der Waals surface area contributed by atoms with Crippen molar-refractivity contribution in [2.45, 2.75) is 38.6 Å². The minimum Gasteiger partial charge on any atom is -0.450 e. The van der Waals surface area contributed by atoms with Crippen LogP contribution >= 0.6 is 0 Å². The van der Waals surface area contributed by atoms with Gasteiger partial charge in [-0.1, -0.05) is 24.3 Å². The molecule has 1 aromatic carbocycles. The molecule has 3 rings (SSSR count). The largest absolute Gasteiger partial charge is 0.450 e. The topological polar surface area (TPSA) is 61.9 Å². The van der Waals surface area contributed by atoms with Crippen molar-refractivity contribution in [3.05, 3.63) is 35.4 Å². The minimum absolute atomic E-state index is 0.111. The molecular weight excluding hydrogens is 330 g/mol. The summed E-state index contributed by atoms with van der Waals surface area (Å²) in [6.45, 7) is 5.86. The monoisotopic (exact) mass is 359 g/mol. The fourth-order valence-corrected chi connectivity index (χ4v) is 3.80. The van der Waals surface area contributed by atoms with Gasteiger partial charge in [0.1, 0.15) is 0 Å². The summed E-state index contributed by atoms with van der Waals surface area (Å²) in [5.74, 6) is 0.111. The second kappa shape index (κ2) is 9.03. The lowest BCUT2D eigenvalue weighted by atomic mass is 9.87. The smallest absolute Gasteiger partial charge is 0.409 e. The van der Waals surface area contributed by atoms with Gasteiger partial charge in [0.2, 0.25) is 5.91 Å². The number of nitrogens with one attached hydrogen (secondary N) is 1. The molecule has 6 heteroatoms. The molecule has 0 radical (unpaired) electrons. The van der Waals surface area contributed by atoms with E-state index in [4.69, 9.17) is 4.74 Å². The van der Waals surface area contributed by atoms with Crippen LogP contribution in [-0.4, -0.2) is 61.1 Å². The van der Waals surface area contributed by atoms with Crippen LogP contribution in [0.3, 0.4) is 0 Å². The predicted octanol–water partition coefficient (Wildman–Crippen LogP) is 2.34. The molecule has 6 nitrogen and oxygen atoms in total. The van der Waals surface area contributed by atoms with E-state index in [1.165, 1.54) is 11.1 Å². The first-order chi connectivity index (χ1) is 12.7. The molecule has 1 unspecified atom stereocenters. The highest BCUT2D eigenvalue weighted by Gasteiger charge is 2.24. The Hall–Kier alpha value is -2.08. The molecular formula is C20H29N3O3. The average molecular weight is 359 g/mol. The number of benzene rings is 1. The lowest BCUT2D eigenvalue weighted by Crippen LogP contribution is -2.49. The number of nitrogens with zero attached hydrogens (tertiary/aromatic N) is 2. The summed E-state index contributed by atoms with van der Waals surface area (Å²) in [6.07, 6.45) is 3.50. The molecule has 142 valence electrons. The van der Waals surface area contributed by atoms with E-state index in [2.05, 4.69) is 28.4 Å². The number of hydrogen-bond acceptors (Lipinski definition) is 4. The summed E-state index contributed by atoms with van der Waals surface area (Å²) in [6, 6.07) is 8.56. The van der Waals surface area contributed by atoms with Crippen molar-refractivity contribution < 1.29 is 14.3 Å². The third-order valence-corrected chi connectivity index (χ3v) is 5.26. The van der Waals surface area contributed by atoms with Crippen LogP contribution in [0.4, 0.5) is 4.79 Å². The van der Waals surface area contributed by atoms with Gasteiger partial charge in [0.05, 0.1) is 12.6 Å². The minimum atomic E-state index is -0.235. The van der Waals surface area contributed by atoms with Crippen LogP contribution in [-0.2, 0) is 16.0 Å². The molecule has 0 aromatic heterocycles. The zero-order chi connectivity index (χ0) is 18.4. The van der Waals surface area contributed by atoms with E-state index < -0.39 is 0 Å². The van der Waals surface area contributed by atoms with Gasteiger partial charge in [0.25, 0.3) is 0 Å². The quantitative estimate of drug-likeness (QED) is 0.877. The first-order valence-corrected chi connectivity index (χ1v) is 9.68. The van der Waals surface area contributed by atoms with Gasteiger partial charge in [-0.25, -0.2) is 4.79 Å². The molecule has 1 N–H and O–H groups in total. The molecule has 2 amide bonds. The number of carbonyl (C=O) groups excluding carboxylic acids is 2. The Labute approximate surface area is 155 Å². The molecule has 0 bridgehead atoms. The third kappa shape index (κ3) is 4.75. The lowest BCUT2D eigenvalue weighted by molar-refractivity contribution is -0.122. The summed E-state index contributed by atoms with van der Waals surface area (Å²) >= 11 is 0. The SMILES string of the molecule is CCOC(=O)N1CCN(CCC(=O)NC2CCCc3ccccc32)CC1. The Morgan fingerprint density at radius 3 is 2.73 bits per heavy atom. The number of aryl methyl sites for hydroxylation is 1. The van der Waals surface area contributed by atoms with Crippen LogP contribution in [0, 0.1) is 0 Å². The maximum Gasteiger partial charge on any atom is 0.409 e. The average Bonchev–Trinajstić information content (AvgIpc) is 2.67. The van der Waals surface area contributed by atoms with Gasteiger partial charge in [-0.05, 0) is 37.3 Å². The predicted molar refractivity (Wildman–Crippen MR) is 99.9 cm³/mol. The first-order valence-electron chi connectivity index (χ1n) is 9.68. The normalized spacial score (nSPS) is 20.3. The second-order valence-corrected chi connectivity index (χ2v) is 6.99. The maximum atomic E-state index is 12.4.